The van der Waals surface area contributed by atoms with Crippen molar-refractivity contribution in [1.82, 2.24) is 0 Å². The van der Waals surface area contributed by atoms with Gasteiger partial charge in [-0.2, -0.15) is 0 Å². The first-order valence-electron chi connectivity index (χ1n) is 2.82. The maximum atomic E-state index is 5.17. The summed E-state index contributed by atoms with van der Waals surface area (Å²) in [5, 5.41) is 0. The molecule has 0 fully saturated rings. The van der Waals surface area contributed by atoms with Crippen molar-refractivity contribution in [3.05, 3.63) is 30.3 Å². The summed E-state index contributed by atoms with van der Waals surface area (Å²) < 4.78 is -1.51. The van der Waals surface area contributed by atoms with E-state index >= 15 is 0 Å². The Hall–Kier alpha value is 1.18. The van der Waals surface area contributed by atoms with E-state index in [0.717, 1.165) is 0 Å². The van der Waals surface area contributed by atoms with E-state index in [1.165, 1.54) is 4.90 Å². The number of hydrogen-bond acceptors (Lipinski definition) is 2. The summed E-state index contributed by atoms with van der Waals surface area (Å²) in [7, 11) is 0. The molecule has 11 heavy (non-hydrogen) atoms. The van der Waals surface area contributed by atoms with Gasteiger partial charge in [-0.15, -0.1) is 0 Å². The van der Waals surface area contributed by atoms with Crippen LogP contribution < -0.4 is 0 Å². The normalized spacial score (nSPS) is 11.5. The third-order valence-electron chi connectivity index (χ3n) is 0.955. The fraction of sp³-hybridized carbons (Fsp3) is 0. The van der Waals surface area contributed by atoms with Gasteiger partial charge in [0.2, 0.25) is 0 Å². The van der Waals surface area contributed by atoms with Crippen LogP contribution in [0.4, 0.5) is 0 Å². The first-order chi connectivity index (χ1) is 5.08. The van der Waals surface area contributed by atoms with Gasteiger partial charge < -0.3 is 0 Å². The molecule has 1 rings (SSSR count). The third kappa shape index (κ3) is 4.69. The summed E-state index contributed by atoms with van der Waals surface area (Å²) in [6, 6.07) is 10.1. The van der Waals surface area contributed by atoms with Crippen LogP contribution in [0, 0.1) is 0 Å². The van der Waals surface area contributed by atoms with Crippen LogP contribution >= 0.6 is 45.0 Å². The van der Waals surface area contributed by atoms with Crippen molar-refractivity contribution in [2.75, 3.05) is 0 Å². The molecule has 0 saturated heterocycles. The zero-order valence-corrected chi connectivity index (χ0v) is 11.1. The van der Waals surface area contributed by atoms with Crippen LogP contribution in [0.2, 0.25) is 0 Å². The van der Waals surface area contributed by atoms with Crippen LogP contribution in [0.1, 0.15) is 0 Å². The predicted octanol–water partition coefficient (Wildman–Crippen LogP) is 4.79. The Morgan fingerprint density at radius 3 is 2.18 bits per heavy atom. The van der Waals surface area contributed by atoms with Crippen molar-refractivity contribution in [3.63, 3.8) is 0 Å². The molecule has 0 unspecified atom stereocenters. The molecule has 0 aliphatic heterocycles. The van der Waals surface area contributed by atoms with Crippen LogP contribution in [0.15, 0.2) is 35.2 Å². The monoisotopic (exact) mass is 330 g/mol. The Labute approximate surface area is 91.4 Å². The zero-order valence-electron chi connectivity index (χ0n) is 5.41. The Morgan fingerprint density at radius 1 is 1.18 bits per heavy atom. The van der Waals surface area contributed by atoms with E-state index < -0.39 is 2.64 Å². The lowest BCUT2D eigenvalue weighted by Gasteiger charge is -2.03. The Balaban J connectivity index is 2.74. The summed E-state index contributed by atoms with van der Waals surface area (Å²) in [6.45, 7) is 0. The molecule has 0 atom stereocenters. The van der Waals surface area contributed by atoms with Gasteiger partial charge >= 0.3 is 0 Å². The largest absolute Gasteiger partial charge is 0.132 e. The Kier molecular flexibility index (Phi) is 4.13. The number of rotatable bonds is 2. The highest BCUT2D eigenvalue weighted by atomic mass is 79.9. The smallest absolute Gasteiger partial charge is 0.0670 e. The fourth-order valence-electron chi connectivity index (χ4n) is 0.604. The molecule has 0 aromatic heterocycles. The summed E-state index contributed by atoms with van der Waals surface area (Å²) in [5.41, 5.74) is 0. The van der Waals surface area contributed by atoms with Gasteiger partial charge in [-0.3, -0.25) is 0 Å². The van der Waals surface area contributed by atoms with E-state index in [1.807, 2.05) is 30.3 Å². The van der Waals surface area contributed by atoms with Gasteiger partial charge in [-0.25, -0.2) is 0 Å². The van der Waals surface area contributed by atoms with E-state index in [4.69, 9.17) is 11.8 Å². The van der Waals surface area contributed by atoms with Gasteiger partial charge in [0.15, 0.2) is 0 Å². The molecule has 1 aromatic rings. The zero-order chi connectivity index (χ0) is 8.32. The molecular weight excluding hydrogens is 327 g/mol. The fourth-order valence-corrected chi connectivity index (χ4v) is 6.01. The Morgan fingerprint density at radius 2 is 1.73 bits per heavy atom. The third-order valence-corrected chi connectivity index (χ3v) is 6.20. The second kappa shape index (κ2) is 4.43. The summed E-state index contributed by atoms with van der Waals surface area (Å²) in [5.74, 6) is 0. The van der Waals surface area contributed by atoms with Gasteiger partial charge in [-0.1, -0.05) is 41.4 Å². The maximum absolute atomic E-state index is 5.17. The highest BCUT2D eigenvalue weighted by molar-refractivity contribution is 9.83. The number of benzene rings is 1. The van der Waals surface area contributed by atoms with Gasteiger partial charge in [0.25, 0.3) is 0 Å². The van der Waals surface area contributed by atoms with Gasteiger partial charge in [0.1, 0.15) is 2.64 Å². The van der Waals surface area contributed by atoms with Crippen molar-refractivity contribution in [3.8, 4) is 0 Å². The molecule has 0 N–H and O–H groups in total. The molecule has 0 nitrogen and oxygen atoms in total. The van der Waals surface area contributed by atoms with Gasteiger partial charge in [-0.05, 0) is 43.1 Å². The van der Waals surface area contributed by atoms with Crippen LogP contribution in [0.5, 0.6) is 0 Å². The second-order valence-corrected chi connectivity index (χ2v) is 22.7. The highest BCUT2D eigenvalue weighted by Gasteiger charge is 2.07. The number of hydrogen-bond donors (Lipinski definition) is 0. The van der Waals surface area contributed by atoms with E-state index in [9.17, 15) is 0 Å². The quantitative estimate of drug-likeness (QED) is 0.714. The van der Waals surface area contributed by atoms with E-state index in [1.54, 1.807) is 11.4 Å². The first kappa shape index (κ1) is 10.3. The minimum atomic E-state index is -1.51. The van der Waals surface area contributed by atoms with Gasteiger partial charge in [0, 0.05) is 4.90 Å². The number of halogens is 2. The molecule has 0 aliphatic carbocycles. The highest BCUT2D eigenvalue weighted by Crippen LogP contribution is 2.74. The lowest BCUT2D eigenvalue weighted by Crippen LogP contribution is -1.62. The summed E-state index contributed by atoms with van der Waals surface area (Å²) >= 11 is 13.7. The molecule has 0 saturated carbocycles. The van der Waals surface area contributed by atoms with Crippen LogP contribution in [-0.2, 0) is 11.8 Å². The standard InChI is InChI=1S/C6H5Br2PS2/c7-9(8,10)11-6-4-2-1-3-5-6/h1-5H. The molecule has 60 valence electrons. The van der Waals surface area contributed by atoms with Crippen LogP contribution in [0.25, 0.3) is 0 Å². The minimum Gasteiger partial charge on any atom is -0.0670 e. The molecule has 1 aromatic carbocycles. The second-order valence-electron chi connectivity index (χ2n) is 1.82. The average molecular weight is 332 g/mol. The molecule has 0 bridgehead atoms. The maximum Gasteiger partial charge on any atom is 0.132 e. The lowest BCUT2D eigenvalue weighted by molar-refractivity contribution is 1.48. The van der Waals surface area contributed by atoms with Crippen molar-refractivity contribution in [1.29, 1.82) is 0 Å². The SMILES string of the molecule is S=P(Br)(Br)Sc1ccccc1. The van der Waals surface area contributed by atoms with Crippen LogP contribution in [0.3, 0.4) is 0 Å². The topological polar surface area (TPSA) is 0 Å². The van der Waals surface area contributed by atoms with E-state index in [2.05, 4.69) is 31.0 Å². The first-order valence-corrected chi connectivity index (χ1v) is 11.1. The van der Waals surface area contributed by atoms with Crippen molar-refractivity contribution < 1.29 is 0 Å². The molecule has 0 aliphatic rings. The Bertz CT molecular complexity index is 269. The predicted molar refractivity (Wildman–Crippen MR) is 64.4 cm³/mol. The molecular formula is C6H5Br2PS2. The van der Waals surface area contributed by atoms with Crippen LogP contribution in [-0.4, -0.2) is 0 Å². The molecule has 0 amide bonds. The van der Waals surface area contributed by atoms with E-state index in [0.29, 0.717) is 0 Å². The van der Waals surface area contributed by atoms with Crippen molar-refractivity contribution in [2.24, 2.45) is 0 Å². The average Bonchev–Trinajstić information content (AvgIpc) is 1.85. The minimum absolute atomic E-state index is 1.20. The summed E-state index contributed by atoms with van der Waals surface area (Å²) in [6.07, 6.45) is 0. The van der Waals surface area contributed by atoms with Gasteiger partial charge in [0.05, 0.1) is 0 Å². The van der Waals surface area contributed by atoms with Crippen molar-refractivity contribution >= 4 is 56.8 Å². The molecule has 0 heterocycles. The van der Waals surface area contributed by atoms with Crippen molar-refractivity contribution in [2.45, 2.75) is 4.90 Å². The summed E-state index contributed by atoms with van der Waals surface area (Å²) in [4.78, 5) is 1.20. The molecule has 5 heteroatoms. The van der Waals surface area contributed by atoms with E-state index in [-0.39, 0.29) is 0 Å². The molecule has 0 spiro atoms. The molecule has 0 radical (unpaired) electrons. The lowest BCUT2D eigenvalue weighted by atomic mass is 10.4.